The van der Waals surface area contributed by atoms with Gasteiger partial charge in [-0.2, -0.15) is 0 Å². The van der Waals surface area contributed by atoms with Crippen LogP contribution < -0.4 is 5.73 Å². The maximum atomic E-state index is 5.58. The van der Waals surface area contributed by atoms with Crippen LogP contribution in [0.1, 0.15) is 32.5 Å². The van der Waals surface area contributed by atoms with Gasteiger partial charge in [-0.25, -0.2) is 4.98 Å². The zero-order chi connectivity index (χ0) is 9.84. The quantitative estimate of drug-likeness (QED) is 0.766. The van der Waals surface area contributed by atoms with E-state index in [1.165, 1.54) is 0 Å². The first-order chi connectivity index (χ1) is 6.15. The van der Waals surface area contributed by atoms with E-state index in [9.17, 15) is 0 Å². The zero-order valence-corrected chi connectivity index (χ0v) is 8.70. The minimum Gasteiger partial charge on any atom is -0.334 e. The molecule has 0 aromatic carbocycles. The smallest absolute Gasteiger partial charge is 0.111 e. The van der Waals surface area contributed by atoms with Crippen molar-refractivity contribution in [3.63, 3.8) is 0 Å². The fourth-order valence-electron chi connectivity index (χ4n) is 1.39. The summed E-state index contributed by atoms with van der Waals surface area (Å²) in [6, 6.07) is 0. The van der Waals surface area contributed by atoms with Gasteiger partial charge in [0.25, 0.3) is 0 Å². The molecule has 0 aliphatic carbocycles. The summed E-state index contributed by atoms with van der Waals surface area (Å²) >= 11 is 0. The van der Waals surface area contributed by atoms with Gasteiger partial charge in [0.05, 0.1) is 0 Å². The van der Waals surface area contributed by atoms with Crippen molar-refractivity contribution in [2.75, 3.05) is 6.54 Å². The van der Waals surface area contributed by atoms with E-state index in [2.05, 4.69) is 30.3 Å². The Morgan fingerprint density at radius 1 is 1.46 bits per heavy atom. The molecule has 3 nitrogen and oxygen atoms in total. The molecule has 74 valence electrons. The van der Waals surface area contributed by atoms with Crippen molar-refractivity contribution in [3.8, 4) is 0 Å². The number of imidazole rings is 1. The van der Waals surface area contributed by atoms with Crippen LogP contribution in [-0.4, -0.2) is 16.1 Å². The molecule has 0 fully saturated rings. The number of nitrogens with zero attached hydrogens (tertiary/aromatic N) is 2. The second-order valence-electron chi connectivity index (χ2n) is 3.93. The first kappa shape index (κ1) is 10.3. The Kier molecular flexibility index (Phi) is 3.48. The summed E-state index contributed by atoms with van der Waals surface area (Å²) in [7, 11) is 0. The van der Waals surface area contributed by atoms with E-state index in [0.717, 1.165) is 18.9 Å². The van der Waals surface area contributed by atoms with Crippen LogP contribution in [0, 0.1) is 5.92 Å². The standard InChI is InChI=1S/C10H19N3/c1-8(2)10-12-4-5-13(10)7-9(3)6-11/h4-5,8-9H,6-7,11H2,1-3H3/t9-/m1/s1. The van der Waals surface area contributed by atoms with Crippen LogP contribution >= 0.6 is 0 Å². The molecule has 0 saturated carbocycles. The largest absolute Gasteiger partial charge is 0.334 e. The highest BCUT2D eigenvalue weighted by atomic mass is 15.1. The van der Waals surface area contributed by atoms with Gasteiger partial charge in [0.1, 0.15) is 5.82 Å². The van der Waals surface area contributed by atoms with E-state index >= 15 is 0 Å². The maximum Gasteiger partial charge on any atom is 0.111 e. The lowest BCUT2D eigenvalue weighted by Gasteiger charge is -2.13. The van der Waals surface area contributed by atoms with E-state index in [4.69, 9.17) is 5.73 Å². The third-order valence-electron chi connectivity index (χ3n) is 2.17. The van der Waals surface area contributed by atoms with Gasteiger partial charge in [0, 0.05) is 24.9 Å². The number of nitrogens with two attached hydrogens (primary N) is 1. The molecule has 0 aliphatic heterocycles. The van der Waals surface area contributed by atoms with Crippen LogP contribution in [0.4, 0.5) is 0 Å². The van der Waals surface area contributed by atoms with Crippen LogP contribution in [0.25, 0.3) is 0 Å². The SMILES string of the molecule is CC(C)c1nccn1C[C@H](C)CN. The fourth-order valence-corrected chi connectivity index (χ4v) is 1.39. The Morgan fingerprint density at radius 3 is 2.69 bits per heavy atom. The summed E-state index contributed by atoms with van der Waals surface area (Å²) in [5.41, 5.74) is 5.58. The number of rotatable bonds is 4. The average molecular weight is 181 g/mol. The molecule has 0 unspecified atom stereocenters. The summed E-state index contributed by atoms with van der Waals surface area (Å²) in [5, 5.41) is 0. The van der Waals surface area contributed by atoms with Crippen molar-refractivity contribution >= 4 is 0 Å². The monoisotopic (exact) mass is 181 g/mol. The van der Waals surface area contributed by atoms with Gasteiger partial charge in [-0.1, -0.05) is 20.8 Å². The van der Waals surface area contributed by atoms with Crippen molar-refractivity contribution < 1.29 is 0 Å². The minimum atomic E-state index is 0.486. The second kappa shape index (κ2) is 4.42. The van der Waals surface area contributed by atoms with Gasteiger partial charge < -0.3 is 10.3 Å². The highest BCUT2D eigenvalue weighted by molar-refractivity contribution is 4.97. The van der Waals surface area contributed by atoms with Crippen LogP contribution in [-0.2, 0) is 6.54 Å². The summed E-state index contributed by atoms with van der Waals surface area (Å²) in [4.78, 5) is 4.33. The molecule has 0 amide bonds. The lowest BCUT2D eigenvalue weighted by molar-refractivity contribution is 0.472. The Hall–Kier alpha value is -0.830. The molecular weight excluding hydrogens is 162 g/mol. The van der Waals surface area contributed by atoms with Gasteiger partial charge >= 0.3 is 0 Å². The van der Waals surface area contributed by atoms with Crippen molar-refractivity contribution in [2.45, 2.75) is 33.2 Å². The molecule has 0 spiro atoms. The summed E-state index contributed by atoms with van der Waals surface area (Å²) < 4.78 is 2.20. The van der Waals surface area contributed by atoms with Gasteiger partial charge in [-0.05, 0) is 12.5 Å². The molecular formula is C10H19N3. The number of aromatic nitrogens is 2. The van der Waals surface area contributed by atoms with Gasteiger partial charge in [0.15, 0.2) is 0 Å². The zero-order valence-electron chi connectivity index (χ0n) is 8.70. The fraction of sp³-hybridized carbons (Fsp3) is 0.700. The van der Waals surface area contributed by atoms with Gasteiger partial charge in [-0.15, -0.1) is 0 Å². The molecule has 13 heavy (non-hydrogen) atoms. The lowest BCUT2D eigenvalue weighted by atomic mass is 10.1. The topological polar surface area (TPSA) is 43.8 Å². The summed E-state index contributed by atoms with van der Waals surface area (Å²) in [5.74, 6) is 2.16. The Bertz CT molecular complexity index is 252. The van der Waals surface area contributed by atoms with Crippen molar-refractivity contribution in [1.29, 1.82) is 0 Å². The molecule has 0 radical (unpaired) electrons. The third-order valence-corrected chi connectivity index (χ3v) is 2.17. The van der Waals surface area contributed by atoms with E-state index in [1.807, 2.05) is 12.4 Å². The normalized spacial score (nSPS) is 13.6. The molecule has 0 saturated heterocycles. The van der Waals surface area contributed by atoms with Crippen molar-refractivity contribution in [3.05, 3.63) is 18.2 Å². The Morgan fingerprint density at radius 2 is 2.15 bits per heavy atom. The Balaban J connectivity index is 2.70. The average Bonchev–Trinajstić information content (AvgIpc) is 2.52. The predicted molar refractivity (Wildman–Crippen MR) is 54.5 cm³/mol. The molecule has 0 bridgehead atoms. The first-order valence-corrected chi connectivity index (χ1v) is 4.86. The minimum absolute atomic E-state index is 0.486. The number of hydrogen-bond donors (Lipinski definition) is 1. The molecule has 1 atom stereocenters. The molecule has 1 aromatic rings. The van der Waals surface area contributed by atoms with E-state index < -0.39 is 0 Å². The van der Waals surface area contributed by atoms with Crippen LogP contribution in [0.2, 0.25) is 0 Å². The first-order valence-electron chi connectivity index (χ1n) is 4.86. The molecule has 2 N–H and O–H groups in total. The third kappa shape index (κ3) is 2.56. The van der Waals surface area contributed by atoms with Gasteiger partial charge in [0.2, 0.25) is 0 Å². The van der Waals surface area contributed by atoms with Crippen molar-refractivity contribution in [1.82, 2.24) is 9.55 Å². The van der Waals surface area contributed by atoms with E-state index in [1.54, 1.807) is 0 Å². The highest BCUT2D eigenvalue weighted by Gasteiger charge is 2.08. The van der Waals surface area contributed by atoms with E-state index in [0.29, 0.717) is 11.8 Å². The van der Waals surface area contributed by atoms with Crippen LogP contribution in [0.5, 0.6) is 0 Å². The lowest BCUT2D eigenvalue weighted by Crippen LogP contribution is -2.18. The second-order valence-corrected chi connectivity index (χ2v) is 3.93. The maximum absolute atomic E-state index is 5.58. The van der Waals surface area contributed by atoms with Crippen LogP contribution in [0.3, 0.4) is 0 Å². The predicted octanol–water partition coefficient (Wildman–Crippen LogP) is 1.60. The summed E-state index contributed by atoms with van der Waals surface area (Å²) in [6.45, 7) is 8.18. The molecule has 1 rings (SSSR count). The molecule has 0 aliphatic rings. The summed E-state index contributed by atoms with van der Waals surface area (Å²) in [6.07, 6.45) is 3.89. The Labute approximate surface area is 80.0 Å². The molecule has 1 heterocycles. The van der Waals surface area contributed by atoms with E-state index in [-0.39, 0.29) is 0 Å². The van der Waals surface area contributed by atoms with Crippen LogP contribution in [0.15, 0.2) is 12.4 Å². The molecule has 3 heteroatoms. The van der Waals surface area contributed by atoms with Gasteiger partial charge in [-0.3, -0.25) is 0 Å². The highest BCUT2D eigenvalue weighted by Crippen LogP contribution is 2.13. The molecule has 1 aromatic heterocycles. The number of hydrogen-bond acceptors (Lipinski definition) is 2. The van der Waals surface area contributed by atoms with Crippen molar-refractivity contribution in [2.24, 2.45) is 11.7 Å².